The summed E-state index contributed by atoms with van der Waals surface area (Å²) >= 11 is 0. The number of carbonyl (C=O) groups is 3. The Morgan fingerprint density at radius 3 is 2.88 bits per heavy atom. The lowest BCUT2D eigenvalue weighted by atomic mass is 9.99. The Balaban J connectivity index is 1.30. The number of carbonyl (C=O) groups excluding carboxylic acids is 3. The average molecular weight is 449 g/mol. The zero-order chi connectivity index (χ0) is 23.1. The van der Waals surface area contributed by atoms with Crippen molar-refractivity contribution >= 4 is 34.9 Å². The van der Waals surface area contributed by atoms with Crippen LogP contribution in [-0.2, 0) is 27.3 Å². The number of benzene rings is 2. The SMILES string of the molecule is NC1=NCc2cc(NC(=O)[C@H](O)C3OCCN(c4ccc5c(c4)CCNC5=O)C3=O)ccc21. The van der Waals surface area contributed by atoms with Gasteiger partial charge in [-0.2, -0.15) is 0 Å². The molecule has 5 N–H and O–H groups in total. The zero-order valence-electron chi connectivity index (χ0n) is 17.7. The van der Waals surface area contributed by atoms with E-state index in [2.05, 4.69) is 15.6 Å². The standard InChI is InChI=1S/C23H23N5O5/c24-20-16-3-1-14(9-13(16)11-26-20)27-22(31)18(29)19-23(32)28(7-8-33-19)15-2-4-17-12(10-15)5-6-25-21(17)30/h1-4,9-10,18-19,29H,5-8,11H2,(H2,24,26)(H,25,30)(H,27,31)/t18-,19?/m1/s1. The molecule has 10 nitrogen and oxygen atoms in total. The number of aliphatic imine (C=N–C) groups is 1. The summed E-state index contributed by atoms with van der Waals surface area (Å²) < 4.78 is 5.48. The highest BCUT2D eigenvalue weighted by Gasteiger charge is 2.39. The fourth-order valence-corrected chi connectivity index (χ4v) is 4.33. The van der Waals surface area contributed by atoms with Crippen LogP contribution in [0.25, 0.3) is 0 Å². The number of amides is 3. The van der Waals surface area contributed by atoms with Crippen molar-refractivity contribution in [1.82, 2.24) is 5.32 Å². The molecule has 1 fully saturated rings. The minimum absolute atomic E-state index is 0.137. The Kier molecular flexibility index (Phi) is 5.31. The van der Waals surface area contributed by atoms with Crippen LogP contribution in [0.4, 0.5) is 11.4 Å². The summed E-state index contributed by atoms with van der Waals surface area (Å²) in [6.07, 6.45) is -2.37. The fraction of sp³-hybridized carbons (Fsp3) is 0.304. The van der Waals surface area contributed by atoms with Gasteiger partial charge in [-0.15, -0.1) is 0 Å². The second kappa shape index (κ2) is 8.30. The highest BCUT2D eigenvalue weighted by atomic mass is 16.5. The lowest BCUT2D eigenvalue weighted by Gasteiger charge is -2.34. The van der Waals surface area contributed by atoms with E-state index in [1.165, 1.54) is 4.90 Å². The number of ether oxygens (including phenoxy) is 1. The quantitative estimate of drug-likeness (QED) is 0.514. The fourth-order valence-electron chi connectivity index (χ4n) is 4.33. The van der Waals surface area contributed by atoms with Crippen LogP contribution in [0.2, 0.25) is 0 Å². The van der Waals surface area contributed by atoms with Gasteiger partial charge in [-0.1, -0.05) is 0 Å². The minimum Gasteiger partial charge on any atom is -0.383 e. The molecule has 0 radical (unpaired) electrons. The van der Waals surface area contributed by atoms with E-state index >= 15 is 0 Å². The summed E-state index contributed by atoms with van der Waals surface area (Å²) in [7, 11) is 0. The van der Waals surface area contributed by atoms with Gasteiger partial charge < -0.3 is 31.1 Å². The second-order valence-electron chi connectivity index (χ2n) is 8.14. The van der Waals surface area contributed by atoms with E-state index in [4.69, 9.17) is 10.5 Å². The molecule has 3 aliphatic heterocycles. The molecule has 3 heterocycles. The highest BCUT2D eigenvalue weighted by molar-refractivity contribution is 6.05. The molecule has 2 aromatic rings. The first-order valence-corrected chi connectivity index (χ1v) is 10.7. The molecule has 3 amide bonds. The van der Waals surface area contributed by atoms with Gasteiger partial charge in [0, 0.05) is 35.6 Å². The van der Waals surface area contributed by atoms with E-state index in [0.29, 0.717) is 42.3 Å². The van der Waals surface area contributed by atoms with E-state index in [0.717, 1.165) is 16.7 Å². The van der Waals surface area contributed by atoms with Gasteiger partial charge in [0.25, 0.3) is 17.7 Å². The van der Waals surface area contributed by atoms with E-state index in [1.807, 2.05) is 0 Å². The number of aliphatic hydroxyl groups is 1. The molecule has 1 unspecified atom stereocenters. The lowest BCUT2D eigenvalue weighted by Crippen LogP contribution is -2.55. The predicted octanol–water partition coefficient (Wildman–Crippen LogP) is -0.0772. The number of aliphatic hydroxyl groups excluding tert-OH is 1. The van der Waals surface area contributed by atoms with Crippen molar-refractivity contribution in [2.24, 2.45) is 10.7 Å². The van der Waals surface area contributed by atoms with E-state index in [-0.39, 0.29) is 19.1 Å². The van der Waals surface area contributed by atoms with Crippen molar-refractivity contribution in [2.75, 3.05) is 29.9 Å². The number of amidine groups is 1. The molecule has 2 aromatic carbocycles. The van der Waals surface area contributed by atoms with Crippen molar-refractivity contribution in [1.29, 1.82) is 0 Å². The van der Waals surface area contributed by atoms with Gasteiger partial charge in [-0.3, -0.25) is 19.4 Å². The van der Waals surface area contributed by atoms with Crippen molar-refractivity contribution in [3.05, 3.63) is 58.7 Å². The molecule has 10 heteroatoms. The normalized spacial score (nSPS) is 20.5. The molecule has 0 bridgehead atoms. The number of anilines is 2. The molecule has 0 aromatic heterocycles. The first-order chi connectivity index (χ1) is 15.9. The molecule has 0 spiro atoms. The van der Waals surface area contributed by atoms with Gasteiger partial charge in [0.1, 0.15) is 5.84 Å². The van der Waals surface area contributed by atoms with Gasteiger partial charge in [-0.05, 0) is 53.9 Å². The topological polar surface area (TPSA) is 146 Å². The first-order valence-electron chi connectivity index (χ1n) is 10.7. The second-order valence-corrected chi connectivity index (χ2v) is 8.14. The monoisotopic (exact) mass is 449 g/mol. The summed E-state index contributed by atoms with van der Waals surface area (Å²) in [5, 5.41) is 16.0. The van der Waals surface area contributed by atoms with Crippen LogP contribution in [0, 0.1) is 0 Å². The van der Waals surface area contributed by atoms with E-state index in [1.54, 1.807) is 36.4 Å². The minimum atomic E-state index is -1.70. The van der Waals surface area contributed by atoms with Crippen molar-refractivity contribution in [2.45, 2.75) is 25.2 Å². The first kappa shape index (κ1) is 21.1. The molecule has 0 aliphatic carbocycles. The van der Waals surface area contributed by atoms with Crippen LogP contribution in [0.15, 0.2) is 41.4 Å². The maximum Gasteiger partial charge on any atom is 0.259 e. The van der Waals surface area contributed by atoms with Crippen LogP contribution >= 0.6 is 0 Å². The Hall–Kier alpha value is -3.76. The number of nitrogens with one attached hydrogen (secondary N) is 2. The third-order valence-electron chi connectivity index (χ3n) is 6.07. The van der Waals surface area contributed by atoms with Gasteiger partial charge in [-0.25, -0.2) is 0 Å². The van der Waals surface area contributed by atoms with Crippen LogP contribution in [-0.4, -0.2) is 60.6 Å². The lowest BCUT2D eigenvalue weighted by molar-refractivity contribution is -0.150. The maximum absolute atomic E-state index is 13.1. The Bertz CT molecular complexity index is 1190. The summed E-state index contributed by atoms with van der Waals surface area (Å²) in [4.78, 5) is 43.4. The van der Waals surface area contributed by atoms with Crippen LogP contribution in [0.5, 0.6) is 0 Å². The Morgan fingerprint density at radius 2 is 2.03 bits per heavy atom. The largest absolute Gasteiger partial charge is 0.383 e. The number of hydrogen-bond donors (Lipinski definition) is 4. The molecule has 1 saturated heterocycles. The molecular weight excluding hydrogens is 426 g/mol. The van der Waals surface area contributed by atoms with Crippen molar-refractivity contribution in [3.8, 4) is 0 Å². The molecular formula is C23H23N5O5. The third kappa shape index (κ3) is 3.83. The van der Waals surface area contributed by atoms with Crippen LogP contribution in [0.3, 0.4) is 0 Å². The smallest absolute Gasteiger partial charge is 0.259 e. The molecule has 33 heavy (non-hydrogen) atoms. The summed E-state index contributed by atoms with van der Waals surface area (Å²) in [6, 6.07) is 10.3. The van der Waals surface area contributed by atoms with E-state index < -0.39 is 24.0 Å². The predicted molar refractivity (Wildman–Crippen MR) is 120 cm³/mol. The molecule has 2 atom stereocenters. The Labute approximate surface area is 189 Å². The number of rotatable bonds is 4. The maximum atomic E-state index is 13.1. The van der Waals surface area contributed by atoms with Crippen LogP contribution < -0.4 is 21.3 Å². The molecule has 5 rings (SSSR count). The third-order valence-corrected chi connectivity index (χ3v) is 6.07. The number of morpholine rings is 1. The summed E-state index contributed by atoms with van der Waals surface area (Å²) in [5.41, 5.74) is 10.0. The zero-order valence-corrected chi connectivity index (χ0v) is 17.7. The van der Waals surface area contributed by atoms with Crippen LogP contribution in [0.1, 0.15) is 27.0 Å². The van der Waals surface area contributed by atoms with Gasteiger partial charge >= 0.3 is 0 Å². The van der Waals surface area contributed by atoms with Gasteiger partial charge in [0.2, 0.25) is 0 Å². The summed E-state index contributed by atoms with van der Waals surface area (Å²) in [6.45, 7) is 1.40. The summed E-state index contributed by atoms with van der Waals surface area (Å²) in [5.74, 6) is -0.947. The molecule has 0 saturated carbocycles. The highest BCUT2D eigenvalue weighted by Crippen LogP contribution is 2.26. The van der Waals surface area contributed by atoms with Crippen molar-refractivity contribution < 1.29 is 24.2 Å². The molecule has 3 aliphatic rings. The number of nitrogens with zero attached hydrogens (tertiary/aromatic N) is 2. The van der Waals surface area contributed by atoms with E-state index in [9.17, 15) is 19.5 Å². The van der Waals surface area contributed by atoms with Gasteiger partial charge in [0.15, 0.2) is 12.2 Å². The number of nitrogens with two attached hydrogens (primary N) is 1. The number of hydrogen-bond acceptors (Lipinski definition) is 7. The van der Waals surface area contributed by atoms with Crippen molar-refractivity contribution in [3.63, 3.8) is 0 Å². The Morgan fingerprint density at radius 1 is 1.21 bits per heavy atom. The molecule has 170 valence electrons. The van der Waals surface area contributed by atoms with Gasteiger partial charge in [0.05, 0.1) is 13.2 Å². The average Bonchev–Trinajstić information content (AvgIpc) is 3.18. The number of fused-ring (bicyclic) bond motifs is 2.